The second kappa shape index (κ2) is 8.31. The molecule has 150 valence electrons. The standard InChI is InChI=1S/C23H17ClN2O4/c1-29-17-12-10-16(11-13-17)25-23(28)21-20(18-4-2-3-5-19(18)30-21)26-22(27)14-6-8-15(24)9-7-14/h2-13H,1H3,(H,25,28)(H,26,27). The molecule has 0 aliphatic carbocycles. The van der Waals surface area contributed by atoms with Crippen LogP contribution in [0, 0.1) is 0 Å². The van der Waals surface area contributed by atoms with Gasteiger partial charge < -0.3 is 19.8 Å². The van der Waals surface area contributed by atoms with Crippen LogP contribution >= 0.6 is 11.6 Å². The average Bonchev–Trinajstić information content (AvgIpc) is 3.13. The molecule has 0 fully saturated rings. The number of hydrogen-bond donors (Lipinski definition) is 2. The van der Waals surface area contributed by atoms with E-state index in [9.17, 15) is 9.59 Å². The van der Waals surface area contributed by atoms with Crippen molar-refractivity contribution in [2.45, 2.75) is 0 Å². The molecule has 2 N–H and O–H groups in total. The fraction of sp³-hybridized carbons (Fsp3) is 0.0435. The SMILES string of the molecule is COc1ccc(NC(=O)c2oc3ccccc3c2NC(=O)c2ccc(Cl)cc2)cc1. The van der Waals surface area contributed by atoms with Crippen molar-refractivity contribution < 1.29 is 18.7 Å². The highest BCUT2D eigenvalue weighted by Crippen LogP contribution is 2.32. The number of hydrogen-bond acceptors (Lipinski definition) is 4. The molecule has 0 radical (unpaired) electrons. The van der Waals surface area contributed by atoms with Crippen LogP contribution in [0.2, 0.25) is 5.02 Å². The van der Waals surface area contributed by atoms with E-state index in [-0.39, 0.29) is 11.7 Å². The molecule has 0 aliphatic heterocycles. The van der Waals surface area contributed by atoms with Crippen LogP contribution in [-0.4, -0.2) is 18.9 Å². The van der Waals surface area contributed by atoms with Gasteiger partial charge in [-0.25, -0.2) is 0 Å². The van der Waals surface area contributed by atoms with E-state index in [0.29, 0.717) is 38.7 Å². The smallest absolute Gasteiger partial charge is 0.293 e. The molecule has 0 atom stereocenters. The van der Waals surface area contributed by atoms with E-state index < -0.39 is 5.91 Å². The van der Waals surface area contributed by atoms with Gasteiger partial charge in [0.15, 0.2) is 0 Å². The first kappa shape index (κ1) is 19.5. The summed E-state index contributed by atoms with van der Waals surface area (Å²) in [7, 11) is 1.57. The molecule has 0 saturated carbocycles. The third-order valence-electron chi connectivity index (χ3n) is 4.49. The summed E-state index contributed by atoms with van der Waals surface area (Å²) in [6, 6.07) is 20.5. The topological polar surface area (TPSA) is 80.6 Å². The molecular formula is C23H17ClN2O4. The Kier molecular flexibility index (Phi) is 5.41. The number of carbonyl (C=O) groups excluding carboxylic acids is 2. The molecule has 6 nitrogen and oxygen atoms in total. The normalized spacial score (nSPS) is 10.6. The molecule has 3 aromatic carbocycles. The van der Waals surface area contributed by atoms with Gasteiger partial charge >= 0.3 is 0 Å². The van der Waals surface area contributed by atoms with Crippen molar-refractivity contribution in [2.24, 2.45) is 0 Å². The summed E-state index contributed by atoms with van der Waals surface area (Å²) in [5.74, 6) is -0.179. The number of methoxy groups -OCH3 is 1. The summed E-state index contributed by atoms with van der Waals surface area (Å²) < 4.78 is 10.9. The number of benzene rings is 3. The Balaban J connectivity index is 1.66. The lowest BCUT2D eigenvalue weighted by atomic mass is 10.1. The molecule has 0 aliphatic rings. The lowest BCUT2D eigenvalue weighted by molar-refractivity contribution is 0.0999. The Morgan fingerprint density at radius 2 is 1.57 bits per heavy atom. The van der Waals surface area contributed by atoms with Gasteiger partial charge in [-0.1, -0.05) is 23.7 Å². The highest BCUT2D eigenvalue weighted by Gasteiger charge is 2.23. The summed E-state index contributed by atoms with van der Waals surface area (Å²) in [6.07, 6.45) is 0. The van der Waals surface area contributed by atoms with Gasteiger partial charge in [0.25, 0.3) is 11.8 Å². The van der Waals surface area contributed by atoms with Crippen LogP contribution in [0.3, 0.4) is 0 Å². The molecule has 1 aromatic heterocycles. The summed E-state index contributed by atoms with van der Waals surface area (Å²) >= 11 is 5.89. The van der Waals surface area contributed by atoms with Crippen LogP contribution in [0.25, 0.3) is 11.0 Å². The van der Waals surface area contributed by atoms with Crippen molar-refractivity contribution in [3.63, 3.8) is 0 Å². The van der Waals surface area contributed by atoms with Gasteiger partial charge in [0.2, 0.25) is 5.76 Å². The van der Waals surface area contributed by atoms with Crippen molar-refractivity contribution in [3.05, 3.63) is 89.1 Å². The summed E-state index contributed by atoms with van der Waals surface area (Å²) in [4.78, 5) is 25.6. The number of nitrogens with one attached hydrogen (secondary N) is 2. The molecule has 0 spiro atoms. The molecule has 2 amide bonds. The van der Waals surface area contributed by atoms with Gasteiger partial charge in [-0.2, -0.15) is 0 Å². The van der Waals surface area contributed by atoms with Gasteiger partial charge in [0.05, 0.1) is 7.11 Å². The third kappa shape index (κ3) is 3.99. The molecule has 1 heterocycles. The maximum atomic E-state index is 12.9. The first-order valence-corrected chi connectivity index (χ1v) is 9.47. The first-order chi connectivity index (χ1) is 14.5. The predicted octanol–water partition coefficient (Wildman–Crippen LogP) is 5.60. The quantitative estimate of drug-likeness (QED) is 0.440. The van der Waals surface area contributed by atoms with Gasteiger partial charge in [0, 0.05) is 21.7 Å². The van der Waals surface area contributed by atoms with Gasteiger partial charge in [0.1, 0.15) is 17.0 Å². The van der Waals surface area contributed by atoms with Crippen LogP contribution in [0.15, 0.2) is 77.2 Å². The van der Waals surface area contributed by atoms with Crippen molar-refractivity contribution in [1.29, 1.82) is 0 Å². The Hall–Kier alpha value is -3.77. The fourth-order valence-corrected chi connectivity index (χ4v) is 3.10. The van der Waals surface area contributed by atoms with E-state index in [1.807, 2.05) is 0 Å². The summed E-state index contributed by atoms with van der Waals surface area (Å²) in [5, 5.41) is 6.72. The fourth-order valence-electron chi connectivity index (χ4n) is 2.98. The van der Waals surface area contributed by atoms with E-state index >= 15 is 0 Å². The third-order valence-corrected chi connectivity index (χ3v) is 4.75. The molecule has 0 saturated heterocycles. The zero-order valence-corrected chi connectivity index (χ0v) is 16.7. The van der Waals surface area contributed by atoms with E-state index in [4.69, 9.17) is 20.8 Å². The molecule has 0 unspecified atom stereocenters. The molecule has 4 rings (SSSR count). The second-order valence-electron chi connectivity index (χ2n) is 6.45. The number of anilines is 2. The Labute approximate surface area is 177 Å². The largest absolute Gasteiger partial charge is 0.497 e. The van der Waals surface area contributed by atoms with E-state index in [0.717, 1.165) is 0 Å². The number of ether oxygens (including phenoxy) is 1. The van der Waals surface area contributed by atoms with Crippen LogP contribution in [0.5, 0.6) is 5.75 Å². The highest BCUT2D eigenvalue weighted by atomic mass is 35.5. The highest BCUT2D eigenvalue weighted by molar-refractivity contribution is 6.30. The molecule has 7 heteroatoms. The first-order valence-electron chi connectivity index (χ1n) is 9.09. The number of furan rings is 1. The van der Waals surface area contributed by atoms with Gasteiger partial charge in [-0.05, 0) is 60.7 Å². The Bertz CT molecular complexity index is 1210. The average molecular weight is 421 g/mol. The minimum atomic E-state index is -0.484. The maximum Gasteiger partial charge on any atom is 0.293 e. The monoisotopic (exact) mass is 420 g/mol. The van der Waals surface area contributed by atoms with E-state index in [1.165, 1.54) is 0 Å². The zero-order chi connectivity index (χ0) is 21.1. The predicted molar refractivity (Wildman–Crippen MR) is 117 cm³/mol. The summed E-state index contributed by atoms with van der Waals surface area (Å²) in [5.41, 5.74) is 1.77. The van der Waals surface area contributed by atoms with Crippen molar-refractivity contribution in [1.82, 2.24) is 0 Å². The van der Waals surface area contributed by atoms with Crippen molar-refractivity contribution in [2.75, 3.05) is 17.7 Å². The number of amides is 2. The van der Waals surface area contributed by atoms with Crippen molar-refractivity contribution in [3.8, 4) is 5.75 Å². The van der Waals surface area contributed by atoms with Crippen LogP contribution in [0.1, 0.15) is 20.9 Å². The lowest BCUT2D eigenvalue weighted by Gasteiger charge is -2.08. The van der Waals surface area contributed by atoms with Crippen LogP contribution in [-0.2, 0) is 0 Å². The second-order valence-corrected chi connectivity index (χ2v) is 6.88. The van der Waals surface area contributed by atoms with E-state index in [1.54, 1.807) is 79.9 Å². The van der Waals surface area contributed by atoms with Gasteiger partial charge in [-0.3, -0.25) is 9.59 Å². The number of fused-ring (bicyclic) bond motifs is 1. The molecule has 0 bridgehead atoms. The Morgan fingerprint density at radius 1 is 0.867 bits per heavy atom. The van der Waals surface area contributed by atoms with Crippen molar-refractivity contribution >= 4 is 45.8 Å². The maximum absolute atomic E-state index is 12.9. The molecular weight excluding hydrogens is 404 g/mol. The molecule has 30 heavy (non-hydrogen) atoms. The van der Waals surface area contributed by atoms with Gasteiger partial charge in [-0.15, -0.1) is 0 Å². The van der Waals surface area contributed by atoms with Crippen LogP contribution < -0.4 is 15.4 Å². The van der Waals surface area contributed by atoms with Crippen LogP contribution in [0.4, 0.5) is 11.4 Å². The number of rotatable bonds is 5. The number of carbonyl (C=O) groups is 2. The Morgan fingerprint density at radius 3 is 2.27 bits per heavy atom. The number of halogens is 1. The van der Waals surface area contributed by atoms with E-state index in [2.05, 4.69) is 10.6 Å². The summed E-state index contributed by atoms with van der Waals surface area (Å²) in [6.45, 7) is 0. The molecule has 4 aromatic rings. The number of para-hydroxylation sites is 1. The minimum Gasteiger partial charge on any atom is -0.497 e. The minimum absolute atomic E-state index is 0.00864. The zero-order valence-electron chi connectivity index (χ0n) is 15.9. The lowest BCUT2D eigenvalue weighted by Crippen LogP contribution is -2.17.